The van der Waals surface area contributed by atoms with E-state index in [1.54, 1.807) is 19.1 Å². The number of amides is 1. The Labute approximate surface area is 151 Å². The Morgan fingerprint density at radius 1 is 1.04 bits per heavy atom. The molecule has 0 spiro atoms. The van der Waals surface area contributed by atoms with E-state index in [0.717, 1.165) is 10.8 Å². The van der Waals surface area contributed by atoms with Crippen LogP contribution in [0.1, 0.15) is 6.92 Å². The maximum absolute atomic E-state index is 12.8. The summed E-state index contributed by atoms with van der Waals surface area (Å²) < 4.78 is 24.1. The molecule has 0 aromatic heterocycles. The summed E-state index contributed by atoms with van der Waals surface area (Å²) in [6.07, 6.45) is -0.633. The Kier molecular flexibility index (Phi) is 5.69. The summed E-state index contributed by atoms with van der Waals surface area (Å²) in [5.41, 5.74) is 0. The van der Waals surface area contributed by atoms with Crippen molar-refractivity contribution in [2.24, 2.45) is 0 Å². The molecule has 0 aliphatic heterocycles. The van der Waals surface area contributed by atoms with Crippen molar-refractivity contribution in [2.75, 3.05) is 13.2 Å². The Morgan fingerprint density at radius 3 is 2.58 bits per heavy atom. The summed E-state index contributed by atoms with van der Waals surface area (Å²) in [6.45, 7) is 2.33. The van der Waals surface area contributed by atoms with Crippen molar-refractivity contribution in [1.29, 1.82) is 0 Å². The van der Waals surface area contributed by atoms with Crippen molar-refractivity contribution >= 4 is 16.7 Å². The number of rotatable bonds is 7. The summed E-state index contributed by atoms with van der Waals surface area (Å²) in [5.74, 6) is 0.694. The van der Waals surface area contributed by atoms with Gasteiger partial charge in [0.2, 0.25) is 0 Å². The summed E-state index contributed by atoms with van der Waals surface area (Å²) in [6, 6.07) is 19.4. The maximum atomic E-state index is 12.8. The molecule has 0 fully saturated rings. The van der Waals surface area contributed by atoms with Crippen molar-refractivity contribution in [3.8, 4) is 11.5 Å². The molecule has 26 heavy (non-hydrogen) atoms. The van der Waals surface area contributed by atoms with Crippen LogP contribution in [0.15, 0.2) is 66.7 Å². The molecule has 1 atom stereocenters. The van der Waals surface area contributed by atoms with Crippen LogP contribution in [0.5, 0.6) is 11.5 Å². The standard InChI is InChI=1S/C21H20FNO3/c1-15(26-20-8-4-6-16-5-2-3-7-19(16)20)21(24)23-13-14-25-18-11-9-17(22)10-12-18/h2-12,15H,13-14H2,1H3,(H,23,24)/t15-/m1/s1. The highest BCUT2D eigenvalue weighted by molar-refractivity contribution is 5.89. The first-order valence-corrected chi connectivity index (χ1v) is 8.44. The molecule has 0 aliphatic rings. The van der Waals surface area contributed by atoms with Crippen molar-refractivity contribution in [2.45, 2.75) is 13.0 Å². The number of hydrogen-bond donors (Lipinski definition) is 1. The third-order valence-electron chi connectivity index (χ3n) is 3.91. The molecule has 0 unspecified atom stereocenters. The van der Waals surface area contributed by atoms with Crippen LogP contribution in [0.2, 0.25) is 0 Å². The van der Waals surface area contributed by atoms with Gasteiger partial charge in [-0.05, 0) is 42.6 Å². The van der Waals surface area contributed by atoms with Crippen molar-refractivity contribution in [3.63, 3.8) is 0 Å². The number of carbonyl (C=O) groups excluding carboxylic acids is 1. The molecular weight excluding hydrogens is 333 g/mol. The van der Waals surface area contributed by atoms with Gasteiger partial charge in [0.05, 0.1) is 6.54 Å². The Morgan fingerprint density at radius 2 is 1.77 bits per heavy atom. The third kappa shape index (κ3) is 4.51. The topological polar surface area (TPSA) is 47.6 Å². The molecule has 3 rings (SSSR count). The first-order valence-electron chi connectivity index (χ1n) is 8.44. The van der Waals surface area contributed by atoms with Crippen LogP contribution in [0.25, 0.3) is 10.8 Å². The zero-order valence-electron chi connectivity index (χ0n) is 14.4. The predicted octanol–water partition coefficient (Wildman–Crippen LogP) is 3.94. The zero-order chi connectivity index (χ0) is 18.4. The van der Waals surface area contributed by atoms with E-state index in [-0.39, 0.29) is 11.7 Å². The van der Waals surface area contributed by atoms with Crippen LogP contribution in [-0.2, 0) is 4.79 Å². The van der Waals surface area contributed by atoms with Gasteiger partial charge in [-0.15, -0.1) is 0 Å². The molecule has 4 nitrogen and oxygen atoms in total. The average Bonchev–Trinajstić information content (AvgIpc) is 2.66. The van der Waals surface area contributed by atoms with Crippen LogP contribution in [-0.4, -0.2) is 25.2 Å². The van der Waals surface area contributed by atoms with Gasteiger partial charge in [-0.25, -0.2) is 4.39 Å². The molecule has 3 aromatic rings. The molecule has 1 N–H and O–H groups in total. The van der Waals surface area contributed by atoms with E-state index in [4.69, 9.17) is 9.47 Å². The Balaban J connectivity index is 1.49. The largest absolute Gasteiger partial charge is 0.492 e. The molecular formula is C21H20FNO3. The van der Waals surface area contributed by atoms with Gasteiger partial charge in [-0.3, -0.25) is 4.79 Å². The summed E-state index contributed by atoms with van der Waals surface area (Å²) in [5, 5.41) is 4.80. The highest BCUT2D eigenvalue weighted by Gasteiger charge is 2.15. The fourth-order valence-corrected chi connectivity index (χ4v) is 2.56. The number of ether oxygens (including phenoxy) is 2. The molecule has 134 valence electrons. The van der Waals surface area contributed by atoms with Gasteiger partial charge in [-0.1, -0.05) is 36.4 Å². The van der Waals surface area contributed by atoms with E-state index >= 15 is 0 Å². The predicted molar refractivity (Wildman–Crippen MR) is 98.9 cm³/mol. The highest BCUT2D eigenvalue weighted by atomic mass is 19.1. The Bertz CT molecular complexity index is 875. The van der Waals surface area contributed by atoms with E-state index in [0.29, 0.717) is 24.7 Å². The molecule has 0 bridgehead atoms. The Hall–Kier alpha value is -3.08. The summed E-state index contributed by atoms with van der Waals surface area (Å²) in [7, 11) is 0. The lowest BCUT2D eigenvalue weighted by atomic mass is 10.1. The number of carbonyl (C=O) groups is 1. The number of fused-ring (bicyclic) bond motifs is 1. The third-order valence-corrected chi connectivity index (χ3v) is 3.91. The number of halogens is 1. The van der Waals surface area contributed by atoms with Gasteiger partial charge in [0, 0.05) is 5.39 Å². The lowest BCUT2D eigenvalue weighted by Crippen LogP contribution is -2.38. The smallest absolute Gasteiger partial charge is 0.260 e. The van der Waals surface area contributed by atoms with E-state index in [1.807, 2.05) is 42.5 Å². The van der Waals surface area contributed by atoms with Gasteiger partial charge in [0.15, 0.2) is 6.10 Å². The second kappa shape index (κ2) is 8.34. The van der Waals surface area contributed by atoms with Crippen LogP contribution in [0, 0.1) is 5.82 Å². The minimum absolute atomic E-state index is 0.222. The van der Waals surface area contributed by atoms with Crippen molar-refractivity contribution < 1.29 is 18.7 Å². The number of nitrogens with one attached hydrogen (secondary N) is 1. The first-order chi connectivity index (χ1) is 12.6. The summed E-state index contributed by atoms with van der Waals surface area (Å²) >= 11 is 0. The molecule has 0 saturated heterocycles. The van der Waals surface area contributed by atoms with Crippen LogP contribution in [0.3, 0.4) is 0 Å². The van der Waals surface area contributed by atoms with Gasteiger partial charge >= 0.3 is 0 Å². The minimum atomic E-state index is -0.633. The molecule has 3 aromatic carbocycles. The summed E-state index contributed by atoms with van der Waals surface area (Å²) in [4.78, 5) is 12.2. The fraction of sp³-hybridized carbons (Fsp3) is 0.190. The quantitative estimate of drug-likeness (QED) is 0.655. The van der Waals surface area contributed by atoms with Gasteiger partial charge in [0.1, 0.15) is 23.9 Å². The SMILES string of the molecule is C[C@@H](Oc1cccc2ccccc12)C(=O)NCCOc1ccc(F)cc1. The minimum Gasteiger partial charge on any atom is -0.492 e. The van der Waals surface area contributed by atoms with E-state index in [1.165, 1.54) is 12.1 Å². The first kappa shape index (κ1) is 17.7. The molecule has 5 heteroatoms. The second-order valence-corrected chi connectivity index (χ2v) is 5.83. The van der Waals surface area contributed by atoms with Crippen LogP contribution in [0.4, 0.5) is 4.39 Å². The molecule has 0 aliphatic carbocycles. The molecule has 0 heterocycles. The van der Waals surface area contributed by atoms with Crippen LogP contribution < -0.4 is 14.8 Å². The molecule has 0 saturated carbocycles. The fourth-order valence-electron chi connectivity index (χ4n) is 2.56. The van der Waals surface area contributed by atoms with Crippen molar-refractivity contribution in [1.82, 2.24) is 5.32 Å². The second-order valence-electron chi connectivity index (χ2n) is 5.83. The lowest BCUT2D eigenvalue weighted by molar-refractivity contribution is -0.127. The molecule has 0 radical (unpaired) electrons. The lowest BCUT2D eigenvalue weighted by Gasteiger charge is -2.16. The monoisotopic (exact) mass is 353 g/mol. The van der Waals surface area contributed by atoms with E-state index in [2.05, 4.69) is 5.32 Å². The average molecular weight is 353 g/mol. The van der Waals surface area contributed by atoms with E-state index < -0.39 is 6.10 Å². The zero-order valence-corrected chi connectivity index (χ0v) is 14.4. The van der Waals surface area contributed by atoms with Gasteiger partial charge < -0.3 is 14.8 Å². The van der Waals surface area contributed by atoms with Crippen molar-refractivity contribution in [3.05, 3.63) is 72.5 Å². The number of benzene rings is 3. The molecule has 1 amide bonds. The van der Waals surface area contributed by atoms with Gasteiger partial charge in [0.25, 0.3) is 5.91 Å². The highest BCUT2D eigenvalue weighted by Crippen LogP contribution is 2.26. The normalized spacial score (nSPS) is 11.8. The number of hydrogen-bond acceptors (Lipinski definition) is 3. The van der Waals surface area contributed by atoms with Crippen LogP contribution >= 0.6 is 0 Å². The van der Waals surface area contributed by atoms with Gasteiger partial charge in [-0.2, -0.15) is 0 Å². The van der Waals surface area contributed by atoms with E-state index in [9.17, 15) is 9.18 Å². The maximum Gasteiger partial charge on any atom is 0.260 e.